The van der Waals surface area contributed by atoms with Crippen molar-refractivity contribution in [3.05, 3.63) is 53.1 Å². The molecule has 0 radical (unpaired) electrons. The van der Waals surface area contributed by atoms with Crippen molar-refractivity contribution >= 4 is 17.3 Å². The molecular weight excluding hydrogens is 256 g/mol. The summed E-state index contributed by atoms with van der Waals surface area (Å²) in [5, 5.41) is 26.6. The summed E-state index contributed by atoms with van der Waals surface area (Å²) in [5.41, 5.74) is 2.89. The van der Waals surface area contributed by atoms with Gasteiger partial charge in [-0.1, -0.05) is 0 Å². The van der Waals surface area contributed by atoms with E-state index >= 15 is 0 Å². The van der Waals surface area contributed by atoms with Crippen LogP contribution in [-0.2, 0) is 0 Å². The number of hydrogen-bond donors (Lipinski definition) is 2. The van der Waals surface area contributed by atoms with Gasteiger partial charge in [0.1, 0.15) is 5.75 Å². The predicted molar refractivity (Wildman–Crippen MR) is 75.2 cm³/mol. The molecule has 5 nitrogen and oxygen atoms in total. The molecule has 2 N–H and O–H groups in total. The van der Waals surface area contributed by atoms with E-state index < -0.39 is 5.97 Å². The van der Waals surface area contributed by atoms with E-state index in [9.17, 15) is 9.90 Å². The monoisotopic (exact) mass is 270 g/mol. The quantitative estimate of drug-likeness (QED) is 0.823. The number of carboxylic acid groups (broad SMARTS) is 1. The zero-order valence-corrected chi connectivity index (χ0v) is 11.2. The van der Waals surface area contributed by atoms with Crippen molar-refractivity contribution < 1.29 is 15.0 Å². The first-order valence-corrected chi connectivity index (χ1v) is 6.02. The zero-order valence-electron chi connectivity index (χ0n) is 11.2. The van der Waals surface area contributed by atoms with Gasteiger partial charge in [-0.25, -0.2) is 4.79 Å². The fourth-order valence-electron chi connectivity index (χ4n) is 1.78. The summed E-state index contributed by atoms with van der Waals surface area (Å²) in [7, 11) is 0. The van der Waals surface area contributed by atoms with E-state index in [1.807, 2.05) is 0 Å². The highest BCUT2D eigenvalue weighted by Gasteiger charge is 2.03. The Morgan fingerprint density at radius 2 is 1.45 bits per heavy atom. The van der Waals surface area contributed by atoms with E-state index in [0.29, 0.717) is 11.4 Å². The van der Waals surface area contributed by atoms with Crippen molar-refractivity contribution in [2.24, 2.45) is 10.2 Å². The molecule has 2 aromatic carbocycles. The molecule has 2 rings (SSSR count). The molecule has 0 heterocycles. The molecule has 2 aromatic rings. The van der Waals surface area contributed by atoms with Gasteiger partial charge in [-0.15, -0.1) is 0 Å². The summed E-state index contributed by atoms with van der Waals surface area (Å²) < 4.78 is 0. The van der Waals surface area contributed by atoms with Crippen molar-refractivity contribution in [1.82, 2.24) is 0 Å². The van der Waals surface area contributed by atoms with Crippen LogP contribution in [0.15, 0.2) is 46.6 Å². The summed E-state index contributed by atoms with van der Waals surface area (Å²) in [4.78, 5) is 10.7. The zero-order chi connectivity index (χ0) is 14.7. The summed E-state index contributed by atoms with van der Waals surface area (Å²) in [6.45, 7) is 3.59. The molecule has 0 aliphatic rings. The molecule has 0 atom stereocenters. The van der Waals surface area contributed by atoms with Gasteiger partial charge in [0.05, 0.1) is 16.9 Å². The van der Waals surface area contributed by atoms with E-state index in [1.165, 1.54) is 12.1 Å². The second kappa shape index (κ2) is 5.52. The smallest absolute Gasteiger partial charge is 0.335 e. The SMILES string of the molecule is Cc1cc(N=Nc2ccc(C(=O)O)cc2)cc(C)c1O. The maximum atomic E-state index is 10.7. The number of rotatable bonds is 3. The predicted octanol–water partition coefficient (Wildman–Crippen LogP) is 4.12. The minimum absolute atomic E-state index is 0.209. The second-order valence-corrected chi connectivity index (χ2v) is 4.48. The van der Waals surface area contributed by atoms with Gasteiger partial charge in [-0.2, -0.15) is 10.2 Å². The Hall–Kier alpha value is -2.69. The molecule has 102 valence electrons. The highest BCUT2D eigenvalue weighted by molar-refractivity contribution is 5.87. The number of benzene rings is 2. The maximum absolute atomic E-state index is 10.7. The average Bonchev–Trinajstić information content (AvgIpc) is 2.42. The van der Waals surface area contributed by atoms with Crippen molar-refractivity contribution in [1.29, 1.82) is 0 Å². The molecule has 0 saturated heterocycles. The fourth-order valence-corrected chi connectivity index (χ4v) is 1.78. The number of phenols is 1. The molecule has 5 heteroatoms. The van der Waals surface area contributed by atoms with Crippen LogP contribution in [-0.4, -0.2) is 16.2 Å². The van der Waals surface area contributed by atoms with Gasteiger partial charge in [-0.05, 0) is 61.4 Å². The van der Waals surface area contributed by atoms with Crippen LogP contribution in [0.4, 0.5) is 11.4 Å². The minimum atomic E-state index is -0.974. The standard InChI is InChI=1S/C15H14N2O3/c1-9-7-13(8-10(2)14(9)18)17-16-12-5-3-11(4-6-12)15(19)20/h3-8,18H,1-2H3,(H,19,20). The van der Waals surface area contributed by atoms with Crippen LogP contribution < -0.4 is 0 Å². The number of aromatic carboxylic acids is 1. The highest BCUT2D eigenvalue weighted by atomic mass is 16.4. The largest absolute Gasteiger partial charge is 0.507 e. The van der Waals surface area contributed by atoms with Crippen molar-refractivity contribution in [3.8, 4) is 5.75 Å². The maximum Gasteiger partial charge on any atom is 0.335 e. The minimum Gasteiger partial charge on any atom is -0.507 e. The van der Waals surface area contributed by atoms with E-state index in [2.05, 4.69) is 10.2 Å². The number of aromatic hydroxyl groups is 1. The Morgan fingerprint density at radius 3 is 1.95 bits per heavy atom. The van der Waals surface area contributed by atoms with Gasteiger partial charge < -0.3 is 10.2 Å². The Kier molecular flexibility index (Phi) is 3.79. The lowest BCUT2D eigenvalue weighted by atomic mass is 10.1. The molecule has 0 saturated carbocycles. The van der Waals surface area contributed by atoms with Crippen LogP contribution in [0.1, 0.15) is 21.5 Å². The number of hydrogen-bond acceptors (Lipinski definition) is 4. The summed E-state index contributed by atoms with van der Waals surface area (Å²) in [6, 6.07) is 9.60. The molecular formula is C15H14N2O3. The Labute approximate surface area is 116 Å². The number of nitrogens with zero attached hydrogens (tertiary/aromatic N) is 2. The third kappa shape index (κ3) is 3.00. The van der Waals surface area contributed by atoms with Crippen LogP contribution >= 0.6 is 0 Å². The lowest BCUT2D eigenvalue weighted by Gasteiger charge is -2.03. The molecule has 0 aliphatic carbocycles. The number of azo groups is 1. The molecule has 0 amide bonds. The first-order valence-electron chi connectivity index (χ1n) is 6.02. The molecule has 20 heavy (non-hydrogen) atoms. The van der Waals surface area contributed by atoms with Gasteiger partial charge in [0.15, 0.2) is 0 Å². The van der Waals surface area contributed by atoms with E-state index in [4.69, 9.17) is 5.11 Å². The van der Waals surface area contributed by atoms with E-state index in [-0.39, 0.29) is 11.3 Å². The van der Waals surface area contributed by atoms with E-state index in [0.717, 1.165) is 11.1 Å². The number of phenolic OH excluding ortho intramolecular Hbond substituents is 1. The van der Waals surface area contributed by atoms with Crippen LogP contribution in [0.5, 0.6) is 5.75 Å². The summed E-state index contributed by atoms with van der Waals surface area (Å²) >= 11 is 0. The third-order valence-electron chi connectivity index (χ3n) is 2.87. The number of aryl methyl sites for hydroxylation is 2. The molecule has 0 spiro atoms. The molecule has 0 unspecified atom stereocenters. The lowest BCUT2D eigenvalue weighted by Crippen LogP contribution is -1.93. The fraction of sp³-hybridized carbons (Fsp3) is 0.133. The van der Waals surface area contributed by atoms with Gasteiger partial charge >= 0.3 is 5.97 Å². The molecule has 0 bridgehead atoms. The van der Waals surface area contributed by atoms with Gasteiger partial charge in [-0.3, -0.25) is 0 Å². The highest BCUT2D eigenvalue weighted by Crippen LogP contribution is 2.28. The average molecular weight is 270 g/mol. The lowest BCUT2D eigenvalue weighted by molar-refractivity contribution is 0.0697. The normalized spacial score (nSPS) is 10.9. The van der Waals surface area contributed by atoms with Gasteiger partial charge in [0, 0.05) is 0 Å². The van der Waals surface area contributed by atoms with Crippen molar-refractivity contribution in [2.75, 3.05) is 0 Å². The summed E-state index contributed by atoms with van der Waals surface area (Å²) in [6.07, 6.45) is 0. The Morgan fingerprint density at radius 1 is 0.950 bits per heavy atom. The van der Waals surface area contributed by atoms with Crippen LogP contribution in [0.2, 0.25) is 0 Å². The second-order valence-electron chi connectivity index (χ2n) is 4.48. The van der Waals surface area contributed by atoms with E-state index in [1.54, 1.807) is 38.1 Å². The van der Waals surface area contributed by atoms with Gasteiger partial charge in [0.25, 0.3) is 0 Å². The Bertz CT molecular complexity index is 653. The third-order valence-corrected chi connectivity index (χ3v) is 2.87. The van der Waals surface area contributed by atoms with Crippen LogP contribution in [0, 0.1) is 13.8 Å². The molecule has 0 aliphatic heterocycles. The van der Waals surface area contributed by atoms with Crippen LogP contribution in [0.3, 0.4) is 0 Å². The number of carbonyl (C=O) groups is 1. The number of carboxylic acids is 1. The Balaban J connectivity index is 2.23. The van der Waals surface area contributed by atoms with Crippen LogP contribution in [0.25, 0.3) is 0 Å². The summed E-state index contributed by atoms with van der Waals surface area (Å²) in [5.74, 6) is -0.715. The molecule has 0 fully saturated rings. The van der Waals surface area contributed by atoms with Crippen molar-refractivity contribution in [3.63, 3.8) is 0 Å². The first kappa shape index (κ1) is 13.7. The molecule has 0 aromatic heterocycles. The first-order chi connectivity index (χ1) is 9.47. The van der Waals surface area contributed by atoms with Crippen molar-refractivity contribution in [2.45, 2.75) is 13.8 Å². The van der Waals surface area contributed by atoms with Gasteiger partial charge in [0.2, 0.25) is 0 Å². The topological polar surface area (TPSA) is 82.2 Å².